The van der Waals surface area contributed by atoms with Crippen LogP contribution in [0.15, 0.2) is 24.5 Å². The van der Waals surface area contributed by atoms with Gasteiger partial charge in [0.05, 0.1) is 33.2 Å². The number of benzene rings is 1. The molecule has 0 amide bonds. The summed E-state index contributed by atoms with van der Waals surface area (Å²) in [5, 5.41) is 10.1. The second-order valence-electron chi connectivity index (χ2n) is 4.94. The first kappa shape index (κ1) is 15.0. The van der Waals surface area contributed by atoms with Crippen molar-refractivity contribution in [2.75, 3.05) is 21.3 Å². The van der Waals surface area contributed by atoms with Crippen molar-refractivity contribution >= 4 is 5.65 Å². The van der Waals surface area contributed by atoms with Gasteiger partial charge in [0.2, 0.25) is 11.6 Å². The lowest BCUT2D eigenvalue weighted by atomic mass is 10.1. The summed E-state index contributed by atoms with van der Waals surface area (Å²) in [5.41, 5.74) is 2.54. The van der Waals surface area contributed by atoms with Gasteiger partial charge in [-0.25, -0.2) is 4.98 Å². The number of rotatable bonds is 4. The third-order valence-corrected chi connectivity index (χ3v) is 3.61. The van der Waals surface area contributed by atoms with Gasteiger partial charge in [0.1, 0.15) is 5.69 Å². The van der Waals surface area contributed by atoms with Crippen molar-refractivity contribution in [2.24, 2.45) is 0 Å². The van der Waals surface area contributed by atoms with E-state index in [0.29, 0.717) is 34.3 Å². The minimum absolute atomic E-state index is 0.0936. The first-order valence-electron chi connectivity index (χ1n) is 6.93. The summed E-state index contributed by atoms with van der Waals surface area (Å²) in [6, 6.07) is 3.60. The van der Waals surface area contributed by atoms with Gasteiger partial charge in [-0.1, -0.05) is 0 Å². The minimum Gasteiger partial charge on any atom is -0.493 e. The van der Waals surface area contributed by atoms with Crippen molar-refractivity contribution in [3.05, 3.63) is 30.2 Å². The Morgan fingerprint density at radius 1 is 1.04 bits per heavy atom. The number of hydrogen-bond donors (Lipinski definition) is 1. The summed E-state index contributed by atoms with van der Waals surface area (Å²) in [7, 11) is 4.67. The molecule has 0 bridgehead atoms. The molecule has 120 valence electrons. The Morgan fingerprint density at radius 2 is 1.70 bits per heavy atom. The van der Waals surface area contributed by atoms with Gasteiger partial charge >= 0.3 is 0 Å². The molecule has 2 heterocycles. The summed E-state index contributed by atoms with van der Waals surface area (Å²) in [5.74, 6) is 1.68. The average Bonchev–Trinajstić information content (AvgIpc) is 2.87. The van der Waals surface area contributed by atoms with E-state index in [1.807, 2.05) is 0 Å². The fourth-order valence-corrected chi connectivity index (χ4v) is 2.44. The third kappa shape index (κ3) is 2.40. The van der Waals surface area contributed by atoms with E-state index in [4.69, 9.17) is 14.2 Å². The molecule has 0 unspecified atom stereocenters. The Labute approximate surface area is 133 Å². The van der Waals surface area contributed by atoms with Crippen LogP contribution in [0, 0.1) is 6.92 Å². The number of aromatic hydroxyl groups is 1. The van der Waals surface area contributed by atoms with Gasteiger partial charge in [0.25, 0.3) is 0 Å². The maximum Gasteiger partial charge on any atom is 0.219 e. The van der Waals surface area contributed by atoms with Crippen molar-refractivity contribution in [3.8, 4) is 34.4 Å². The zero-order valence-electron chi connectivity index (χ0n) is 13.3. The molecule has 7 heteroatoms. The topological polar surface area (TPSA) is 78.1 Å². The molecule has 0 saturated heterocycles. The lowest BCUT2D eigenvalue weighted by Gasteiger charge is -2.14. The molecule has 0 aliphatic rings. The molecule has 1 aromatic carbocycles. The van der Waals surface area contributed by atoms with E-state index in [2.05, 4.69) is 9.97 Å². The molecule has 0 fully saturated rings. The number of methoxy groups -OCH3 is 3. The first-order valence-corrected chi connectivity index (χ1v) is 6.93. The van der Waals surface area contributed by atoms with E-state index in [1.165, 1.54) is 0 Å². The fraction of sp³-hybridized carbons (Fsp3) is 0.250. The van der Waals surface area contributed by atoms with Gasteiger partial charge in [-0.15, -0.1) is 0 Å². The number of nitrogens with zero attached hydrogens (tertiary/aromatic N) is 3. The standard InChI is InChI=1S/C16H17N3O4/c1-9-16(20)19-8-11(17-7-14(19)18-9)10-5-12(21-2)15(23-4)13(6-10)22-3/h5-8,20H,1-4H3. The van der Waals surface area contributed by atoms with E-state index >= 15 is 0 Å². The molecule has 0 saturated carbocycles. The Kier molecular flexibility index (Phi) is 3.69. The Bertz CT molecular complexity index is 848. The van der Waals surface area contributed by atoms with Crippen LogP contribution in [0.2, 0.25) is 0 Å². The quantitative estimate of drug-likeness (QED) is 0.797. The van der Waals surface area contributed by atoms with Crippen LogP contribution in [0.25, 0.3) is 16.9 Å². The van der Waals surface area contributed by atoms with Crippen LogP contribution in [0.4, 0.5) is 0 Å². The molecule has 0 radical (unpaired) electrons. The third-order valence-electron chi connectivity index (χ3n) is 3.61. The van der Waals surface area contributed by atoms with Crippen molar-refractivity contribution < 1.29 is 19.3 Å². The molecule has 0 atom stereocenters. The highest BCUT2D eigenvalue weighted by Gasteiger charge is 2.16. The Balaban J connectivity index is 2.19. The predicted molar refractivity (Wildman–Crippen MR) is 84.5 cm³/mol. The van der Waals surface area contributed by atoms with Crippen molar-refractivity contribution in [3.63, 3.8) is 0 Å². The maximum absolute atomic E-state index is 10.1. The van der Waals surface area contributed by atoms with Crippen molar-refractivity contribution in [1.82, 2.24) is 14.4 Å². The minimum atomic E-state index is 0.0936. The number of fused-ring (bicyclic) bond motifs is 1. The maximum atomic E-state index is 10.1. The van der Waals surface area contributed by atoms with E-state index in [0.717, 1.165) is 5.56 Å². The zero-order chi connectivity index (χ0) is 16.6. The molecule has 0 spiro atoms. The lowest BCUT2D eigenvalue weighted by molar-refractivity contribution is 0.324. The molecule has 23 heavy (non-hydrogen) atoms. The molecular weight excluding hydrogens is 298 g/mol. The Hall–Kier alpha value is -2.96. The van der Waals surface area contributed by atoms with Crippen LogP contribution < -0.4 is 14.2 Å². The highest BCUT2D eigenvalue weighted by molar-refractivity contribution is 5.69. The van der Waals surface area contributed by atoms with Gasteiger partial charge < -0.3 is 19.3 Å². The van der Waals surface area contributed by atoms with Crippen molar-refractivity contribution in [2.45, 2.75) is 6.92 Å². The SMILES string of the molecule is COc1cc(-c2cn3c(O)c(C)nc3cn2)cc(OC)c1OC. The van der Waals surface area contributed by atoms with E-state index in [-0.39, 0.29) is 5.88 Å². The van der Waals surface area contributed by atoms with Gasteiger partial charge in [0, 0.05) is 11.8 Å². The van der Waals surface area contributed by atoms with Crippen LogP contribution in [-0.4, -0.2) is 40.8 Å². The van der Waals surface area contributed by atoms with Gasteiger partial charge in [-0.2, -0.15) is 0 Å². The van der Waals surface area contributed by atoms with Crippen molar-refractivity contribution in [1.29, 1.82) is 0 Å². The fourth-order valence-electron chi connectivity index (χ4n) is 2.44. The van der Waals surface area contributed by atoms with Gasteiger partial charge in [0.15, 0.2) is 17.1 Å². The summed E-state index contributed by atoms with van der Waals surface area (Å²) < 4.78 is 17.6. The van der Waals surface area contributed by atoms with Crippen LogP contribution in [0.3, 0.4) is 0 Å². The van der Waals surface area contributed by atoms with E-state index < -0.39 is 0 Å². The normalized spacial score (nSPS) is 10.8. The summed E-state index contributed by atoms with van der Waals surface area (Å²) in [6.45, 7) is 1.74. The molecule has 3 aromatic rings. The Morgan fingerprint density at radius 3 is 2.26 bits per heavy atom. The highest BCUT2D eigenvalue weighted by Crippen LogP contribution is 2.40. The second-order valence-corrected chi connectivity index (χ2v) is 4.94. The van der Waals surface area contributed by atoms with E-state index in [1.54, 1.807) is 57.2 Å². The number of ether oxygens (including phenoxy) is 3. The van der Waals surface area contributed by atoms with Crippen LogP contribution >= 0.6 is 0 Å². The average molecular weight is 315 g/mol. The van der Waals surface area contributed by atoms with E-state index in [9.17, 15) is 5.11 Å². The largest absolute Gasteiger partial charge is 0.493 e. The van der Waals surface area contributed by atoms with Gasteiger partial charge in [-0.3, -0.25) is 9.38 Å². The molecule has 0 aliphatic carbocycles. The predicted octanol–water partition coefficient (Wildman–Crippen LogP) is 2.44. The highest BCUT2D eigenvalue weighted by atomic mass is 16.5. The molecule has 1 N–H and O–H groups in total. The number of imidazole rings is 1. The summed E-state index contributed by atoms with van der Waals surface area (Å²) in [6.07, 6.45) is 3.32. The number of hydrogen-bond acceptors (Lipinski definition) is 6. The number of aromatic nitrogens is 3. The second kappa shape index (κ2) is 5.68. The molecule has 2 aromatic heterocycles. The van der Waals surface area contributed by atoms with Gasteiger partial charge in [-0.05, 0) is 19.1 Å². The molecule has 0 aliphatic heterocycles. The number of aryl methyl sites for hydroxylation is 1. The summed E-state index contributed by atoms with van der Waals surface area (Å²) in [4.78, 5) is 8.61. The first-order chi connectivity index (χ1) is 11.1. The van der Waals surface area contributed by atoms with Crippen LogP contribution in [-0.2, 0) is 0 Å². The molecule has 7 nitrogen and oxygen atoms in total. The molecule has 3 rings (SSSR count). The lowest BCUT2D eigenvalue weighted by Crippen LogP contribution is -1.97. The monoisotopic (exact) mass is 315 g/mol. The zero-order valence-corrected chi connectivity index (χ0v) is 13.3. The summed E-state index contributed by atoms with van der Waals surface area (Å²) >= 11 is 0. The smallest absolute Gasteiger partial charge is 0.219 e. The van der Waals surface area contributed by atoms with Crippen LogP contribution in [0.5, 0.6) is 23.1 Å². The van der Waals surface area contributed by atoms with Crippen LogP contribution in [0.1, 0.15) is 5.69 Å². The molecular formula is C16H17N3O4.